The van der Waals surface area contributed by atoms with Gasteiger partial charge in [0.15, 0.2) is 6.61 Å². The van der Waals surface area contributed by atoms with E-state index < -0.39 is 10.8 Å². The molecule has 1 aliphatic heterocycles. The van der Waals surface area contributed by atoms with E-state index in [2.05, 4.69) is 5.32 Å². The molecular weight excluding hydrogens is 350 g/mol. The van der Waals surface area contributed by atoms with Gasteiger partial charge in [0, 0.05) is 12.1 Å². The molecule has 3 rings (SSSR count). The topological polar surface area (TPSA) is 102 Å². The van der Waals surface area contributed by atoms with Gasteiger partial charge in [0.1, 0.15) is 12.3 Å². The highest BCUT2D eigenvalue weighted by molar-refractivity contribution is 6.34. The number of benzene rings is 2. The molecule has 1 heterocycles. The molecule has 0 aliphatic carbocycles. The van der Waals surface area contributed by atoms with E-state index in [1.165, 1.54) is 17.0 Å². The van der Waals surface area contributed by atoms with Gasteiger partial charge in [-0.2, -0.15) is 0 Å². The molecule has 0 unspecified atom stereocenters. The Morgan fingerprint density at radius 2 is 2.08 bits per heavy atom. The first-order valence-corrected chi connectivity index (χ1v) is 7.59. The third kappa shape index (κ3) is 3.53. The van der Waals surface area contributed by atoms with Crippen LogP contribution in [0.4, 0.5) is 17.1 Å². The molecule has 0 saturated carbocycles. The normalized spacial score (nSPS) is 13.0. The van der Waals surface area contributed by atoms with Crippen LogP contribution in [-0.4, -0.2) is 29.9 Å². The van der Waals surface area contributed by atoms with Crippen LogP contribution in [0.5, 0.6) is 5.75 Å². The van der Waals surface area contributed by atoms with Crippen LogP contribution in [0.2, 0.25) is 5.02 Å². The minimum Gasteiger partial charge on any atom is -0.482 e. The molecule has 2 amide bonds. The van der Waals surface area contributed by atoms with Crippen molar-refractivity contribution in [2.24, 2.45) is 0 Å². The van der Waals surface area contributed by atoms with Gasteiger partial charge < -0.3 is 10.1 Å². The Labute approximate surface area is 147 Å². The summed E-state index contributed by atoms with van der Waals surface area (Å²) < 4.78 is 5.31. The largest absolute Gasteiger partial charge is 0.482 e. The number of nitro groups is 1. The summed E-state index contributed by atoms with van der Waals surface area (Å²) >= 11 is 5.95. The summed E-state index contributed by atoms with van der Waals surface area (Å²) in [7, 11) is 0. The van der Waals surface area contributed by atoms with Crippen molar-refractivity contribution in [3.05, 3.63) is 57.6 Å². The van der Waals surface area contributed by atoms with Gasteiger partial charge in [-0.05, 0) is 18.2 Å². The smallest absolute Gasteiger partial charge is 0.271 e. The maximum Gasteiger partial charge on any atom is 0.271 e. The zero-order valence-corrected chi connectivity index (χ0v) is 13.5. The second kappa shape index (κ2) is 6.78. The van der Waals surface area contributed by atoms with Crippen LogP contribution in [0.3, 0.4) is 0 Å². The highest BCUT2D eigenvalue weighted by Crippen LogP contribution is 2.31. The first kappa shape index (κ1) is 16.7. The first-order chi connectivity index (χ1) is 12.0. The summed E-state index contributed by atoms with van der Waals surface area (Å²) in [5, 5.41) is 13.3. The Morgan fingerprint density at radius 1 is 1.32 bits per heavy atom. The maximum atomic E-state index is 12.3. The molecule has 2 aromatic carbocycles. The lowest BCUT2D eigenvalue weighted by molar-refractivity contribution is -0.384. The Kier molecular flexibility index (Phi) is 4.53. The molecule has 25 heavy (non-hydrogen) atoms. The molecule has 0 saturated heterocycles. The van der Waals surface area contributed by atoms with Crippen LogP contribution in [0.1, 0.15) is 0 Å². The summed E-state index contributed by atoms with van der Waals surface area (Å²) in [4.78, 5) is 35.8. The molecular formula is C16H12ClN3O5. The molecule has 0 atom stereocenters. The van der Waals surface area contributed by atoms with Crippen molar-refractivity contribution in [2.45, 2.75) is 0 Å². The van der Waals surface area contributed by atoms with Gasteiger partial charge in [0.05, 0.1) is 21.3 Å². The molecule has 1 aliphatic rings. The van der Waals surface area contributed by atoms with Crippen molar-refractivity contribution in [3.63, 3.8) is 0 Å². The lowest BCUT2D eigenvalue weighted by Crippen LogP contribution is -2.43. The Hall–Kier alpha value is -3.13. The van der Waals surface area contributed by atoms with E-state index in [9.17, 15) is 19.7 Å². The molecule has 0 bridgehead atoms. The number of amides is 2. The zero-order chi connectivity index (χ0) is 18.0. The fraction of sp³-hybridized carbons (Fsp3) is 0.125. The highest BCUT2D eigenvalue weighted by atomic mass is 35.5. The molecule has 2 aromatic rings. The fourth-order valence-electron chi connectivity index (χ4n) is 2.38. The number of hydrogen-bond donors (Lipinski definition) is 1. The average molecular weight is 362 g/mol. The number of nitrogens with one attached hydrogen (secondary N) is 1. The third-order valence-corrected chi connectivity index (χ3v) is 3.86. The van der Waals surface area contributed by atoms with E-state index in [1.54, 1.807) is 24.3 Å². The van der Waals surface area contributed by atoms with E-state index in [-0.39, 0.29) is 35.5 Å². The van der Waals surface area contributed by atoms with E-state index >= 15 is 0 Å². The number of nitrogens with zero attached hydrogens (tertiary/aromatic N) is 2. The van der Waals surface area contributed by atoms with Gasteiger partial charge in [-0.1, -0.05) is 23.7 Å². The van der Waals surface area contributed by atoms with E-state index in [4.69, 9.17) is 16.3 Å². The molecule has 8 nitrogen and oxygen atoms in total. The summed E-state index contributed by atoms with van der Waals surface area (Å²) in [6.07, 6.45) is 0. The number of hydrogen-bond acceptors (Lipinski definition) is 5. The van der Waals surface area contributed by atoms with Gasteiger partial charge >= 0.3 is 0 Å². The van der Waals surface area contributed by atoms with Crippen molar-refractivity contribution in [1.29, 1.82) is 0 Å². The number of anilines is 2. The van der Waals surface area contributed by atoms with Crippen LogP contribution in [0.15, 0.2) is 42.5 Å². The number of para-hydroxylation sites is 2. The molecule has 128 valence electrons. The van der Waals surface area contributed by atoms with Crippen LogP contribution in [0, 0.1) is 10.1 Å². The number of nitro benzene ring substituents is 1. The number of rotatable bonds is 4. The van der Waals surface area contributed by atoms with Crippen molar-refractivity contribution >= 4 is 40.5 Å². The highest BCUT2D eigenvalue weighted by Gasteiger charge is 2.27. The van der Waals surface area contributed by atoms with Crippen molar-refractivity contribution in [2.75, 3.05) is 23.4 Å². The number of fused-ring (bicyclic) bond motifs is 1. The van der Waals surface area contributed by atoms with Crippen molar-refractivity contribution in [1.82, 2.24) is 0 Å². The predicted octanol–water partition coefficient (Wildman–Crippen LogP) is 2.61. The van der Waals surface area contributed by atoms with Crippen LogP contribution < -0.4 is 15.0 Å². The minimum atomic E-state index is -0.583. The Morgan fingerprint density at radius 3 is 2.80 bits per heavy atom. The van der Waals surface area contributed by atoms with Gasteiger partial charge in [0.2, 0.25) is 5.91 Å². The first-order valence-electron chi connectivity index (χ1n) is 7.21. The SMILES string of the molecule is O=C(CN1C(=O)COc2ccccc21)Nc1ccc([N+](=O)[O-])cc1Cl. The molecule has 0 spiro atoms. The Balaban J connectivity index is 1.75. The number of non-ortho nitro benzene ring substituents is 1. The molecule has 9 heteroatoms. The summed E-state index contributed by atoms with van der Waals surface area (Å²) in [5.74, 6) is -0.312. The van der Waals surface area contributed by atoms with E-state index in [0.29, 0.717) is 11.4 Å². The lowest BCUT2D eigenvalue weighted by Gasteiger charge is -2.28. The quantitative estimate of drug-likeness (QED) is 0.666. The molecule has 1 N–H and O–H groups in total. The molecule has 0 fully saturated rings. The standard InChI is InChI=1S/C16H12ClN3O5/c17-11-7-10(20(23)24)5-6-12(11)18-15(21)8-19-13-3-1-2-4-14(13)25-9-16(19)22/h1-7H,8-9H2,(H,18,21). The zero-order valence-electron chi connectivity index (χ0n) is 12.8. The lowest BCUT2D eigenvalue weighted by atomic mass is 10.2. The fourth-order valence-corrected chi connectivity index (χ4v) is 2.60. The van der Waals surface area contributed by atoms with Crippen molar-refractivity contribution < 1.29 is 19.2 Å². The summed E-state index contributed by atoms with van der Waals surface area (Å²) in [6, 6.07) is 10.6. The predicted molar refractivity (Wildman–Crippen MR) is 91.0 cm³/mol. The molecule has 0 radical (unpaired) electrons. The van der Waals surface area contributed by atoms with Gasteiger partial charge in [-0.3, -0.25) is 24.6 Å². The second-order valence-electron chi connectivity index (χ2n) is 5.21. The molecule has 0 aromatic heterocycles. The monoisotopic (exact) mass is 361 g/mol. The average Bonchev–Trinajstić information content (AvgIpc) is 2.59. The third-order valence-electron chi connectivity index (χ3n) is 3.55. The summed E-state index contributed by atoms with van der Waals surface area (Å²) in [5.41, 5.74) is 0.551. The Bertz CT molecular complexity index is 871. The number of carbonyl (C=O) groups is 2. The van der Waals surface area contributed by atoms with Crippen LogP contribution >= 0.6 is 11.6 Å². The summed E-state index contributed by atoms with van der Waals surface area (Å²) in [6.45, 7) is -0.380. The van der Waals surface area contributed by atoms with Crippen LogP contribution in [-0.2, 0) is 9.59 Å². The maximum absolute atomic E-state index is 12.3. The van der Waals surface area contributed by atoms with Gasteiger partial charge in [-0.15, -0.1) is 0 Å². The number of ether oxygens (including phenoxy) is 1. The number of carbonyl (C=O) groups excluding carboxylic acids is 2. The van der Waals surface area contributed by atoms with E-state index in [1.807, 2.05) is 0 Å². The minimum absolute atomic E-state index is 0.0382. The van der Waals surface area contributed by atoms with Gasteiger partial charge in [-0.25, -0.2) is 0 Å². The second-order valence-corrected chi connectivity index (χ2v) is 5.61. The van der Waals surface area contributed by atoms with Crippen LogP contribution in [0.25, 0.3) is 0 Å². The van der Waals surface area contributed by atoms with Gasteiger partial charge in [0.25, 0.3) is 11.6 Å². The van der Waals surface area contributed by atoms with Crippen molar-refractivity contribution in [3.8, 4) is 5.75 Å². The van der Waals surface area contributed by atoms with E-state index in [0.717, 1.165) is 6.07 Å². The number of halogens is 1.